The molecule has 0 spiro atoms. The Labute approximate surface area is 88.7 Å². The van der Waals surface area contributed by atoms with Gasteiger partial charge in [0.25, 0.3) is 0 Å². The van der Waals surface area contributed by atoms with Crippen LogP contribution in [0.2, 0.25) is 0 Å². The van der Waals surface area contributed by atoms with Crippen LogP contribution in [0.15, 0.2) is 30.6 Å². The van der Waals surface area contributed by atoms with Gasteiger partial charge in [0.2, 0.25) is 0 Å². The van der Waals surface area contributed by atoms with Gasteiger partial charge in [-0.1, -0.05) is 6.07 Å². The maximum Gasteiger partial charge on any atom is 0.338 e. The third-order valence-electron chi connectivity index (χ3n) is 2.00. The molecule has 1 heterocycles. The van der Waals surface area contributed by atoms with Crippen molar-refractivity contribution < 1.29 is 18.7 Å². The Bertz CT molecular complexity index is 531. The predicted molar refractivity (Wildman–Crippen MR) is 50.4 cm³/mol. The molecule has 0 saturated heterocycles. The van der Waals surface area contributed by atoms with Crippen molar-refractivity contribution in [2.45, 2.75) is 0 Å². The zero-order valence-electron chi connectivity index (χ0n) is 7.89. The summed E-state index contributed by atoms with van der Waals surface area (Å²) in [5.41, 5.74) is -0.530. The summed E-state index contributed by atoms with van der Waals surface area (Å²) in [5, 5.41) is 12.2. The number of aromatic carboxylic acids is 1. The number of carboxylic acids is 1. The number of hydrogen-bond acceptors (Lipinski definition) is 2. The second kappa shape index (κ2) is 3.73. The van der Waals surface area contributed by atoms with Crippen LogP contribution in [0, 0.1) is 11.6 Å². The summed E-state index contributed by atoms with van der Waals surface area (Å²) in [5.74, 6) is -2.82. The number of carboxylic acid groups (broad SMARTS) is 1. The van der Waals surface area contributed by atoms with Gasteiger partial charge in [0.15, 0.2) is 11.6 Å². The first-order chi connectivity index (χ1) is 7.59. The van der Waals surface area contributed by atoms with E-state index in [-0.39, 0.29) is 5.56 Å². The van der Waals surface area contributed by atoms with E-state index in [4.69, 9.17) is 5.11 Å². The second-order valence-electron chi connectivity index (χ2n) is 3.05. The quantitative estimate of drug-likeness (QED) is 0.846. The van der Waals surface area contributed by atoms with Crippen LogP contribution in [0.5, 0.6) is 0 Å². The summed E-state index contributed by atoms with van der Waals surface area (Å²) < 4.78 is 27.5. The lowest BCUT2D eigenvalue weighted by Gasteiger charge is -2.03. The molecule has 4 nitrogen and oxygen atoms in total. The lowest BCUT2D eigenvalue weighted by Crippen LogP contribution is -2.02. The van der Waals surface area contributed by atoms with E-state index in [2.05, 4.69) is 5.10 Å². The summed E-state index contributed by atoms with van der Waals surface area (Å²) in [4.78, 5) is 10.6. The molecule has 82 valence electrons. The Kier molecular flexibility index (Phi) is 2.40. The second-order valence-corrected chi connectivity index (χ2v) is 3.05. The smallest absolute Gasteiger partial charge is 0.338 e. The molecule has 0 radical (unpaired) electrons. The van der Waals surface area contributed by atoms with Crippen LogP contribution in [-0.4, -0.2) is 20.9 Å². The Balaban J connectivity index is 2.54. The molecule has 0 aliphatic rings. The van der Waals surface area contributed by atoms with E-state index in [1.165, 1.54) is 6.07 Å². The molecule has 0 atom stereocenters. The van der Waals surface area contributed by atoms with Gasteiger partial charge in [0, 0.05) is 6.20 Å². The minimum atomic E-state index is -1.21. The van der Waals surface area contributed by atoms with Crippen molar-refractivity contribution in [3.63, 3.8) is 0 Å². The first-order valence-electron chi connectivity index (χ1n) is 4.32. The largest absolute Gasteiger partial charge is 0.478 e. The minimum absolute atomic E-state index is 0.136. The average Bonchev–Trinajstić information content (AvgIpc) is 2.66. The van der Waals surface area contributed by atoms with Gasteiger partial charge in [0.1, 0.15) is 5.69 Å². The van der Waals surface area contributed by atoms with Crippen LogP contribution >= 0.6 is 0 Å². The number of rotatable bonds is 2. The highest BCUT2D eigenvalue weighted by Crippen LogP contribution is 2.16. The molecular weight excluding hydrogens is 218 g/mol. The van der Waals surface area contributed by atoms with Gasteiger partial charge >= 0.3 is 5.97 Å². The molecule has 2 rings (SSSR count). The van der Waals surface area contributed by atoms with E-state index in [0.29, 0.717) is 0 Å². The maximum absolute atomic E-state index is 13.3. The fourth-order valence-corrected chi connectivity index (χ4v) is 1.26. The fourth-order valence-electron chi connectivity index (χ4n) is 1.26. The molecule has 0 saturated carbocycles. The highest BCUT2D eigenvalue weighted by molar-refractivity contribution is 5.86. The Hall–Kier alpha value is -2.24. The number of halogens is 2. The van der Waals surface area contributed by atoms with E-state index in [1.54, 1.807) is 0 Å². The molecule has 1 N–H and O–H groups in total. The first-order valence-corrected chi connectivity index (χ1v) is 4.32. The van der Waals surface area contributed by atoms with Crippen molar-refractivity contribution in [2.24, 2.45) is 0 Å². The zero-order valence-corrected chi connectivity index (χ0v) is 7.89. The summed E-state index contributed by atoms with van der Waals surface area (Å²) in [6.07, 6.45) is 2.07. The van der Waals surface area contributed by atoms with Crippen molar-refractivity contribution in [3.05, 3.63) is 47.8 Å². The van der Waals surface area contributed by atoms with Crippen molar-refractivity contribution in [2.75, 3.05) is 0 Å². The van der Waals surface area contributed by atoms with Gasteiger partial charge in [-0.15, -0.1) is 0 Å². The molecule has 0 amide bonds. The van der Waals surface area contributed by atoms with E-state index < -0.39 is 23.3 Å². The van der Waals surface area contributed by atoms with Gasteiger partial charge in [-0.25, -0.2) is 18.3 Å². The number of carbonyl (C=O) groups is 1. The summed E-state index contributed by atoms with van der Waals surface area (Å²) in [6.45, 7) is 0. The molecule has 6 heteroatoms. The highest BCUT2D eigenvalue weighted by atomic mass is 19.1. The average molecular weight is 224 g/mol. The summed E-state index contributed by atoms with van der Waals surface area (Å²) in [7, 11) is 0. The van der Waals surface area contributed by atoms with Gasteiger partial charge in [-0.2, -0.15) is 5.10 Å². The number of aromatic nitrogens is 2. The van der Waals surface area contributed by atoms with Crippen LogP contribution in [0.4, 0.5) is 8.78 Å². The molecule has 0 fully saturated rings. The zero-order chi connectivity index (χ0) is 11.7. The normalized spacial score (nSPS) is 10.4. The molecule has 1 aromatic heterocycles. The predicted octanol–water partition coefficient (Wildman–Crippen LogP) is 1.85. The molecule has 0 unspecified atom stereocenters. The van der Waals surface area contributed by atoms with Gasteiger partial charge in [-0.3, -0.25) is 0 Å². The molecule has 2 aromatic rings. The summed E-state index contributed by atoms with van der Waals surface area (Å²) >= 11 is 0. The number of hydrogen-bond donors (Lipinski definition) is 1. The third kappa shape index (κ3) is 1.65. The van der Waals surface area contributed by atoms with Crippen LogP contribution in [0.3, 0.4) is 0 Å². The Morgan fingerprint density at radius 2 is 1.94 bits per heavy atom. The molecule has 1 aromatic carbocycles. The molecule has 16 heavy (non-hydrogen) atoms. The van der Waals surface area contributed by atoms with Gasteiger partial charge in [-0.05, 0) is 12.1 Å². The SMILES string of the molecule is O=C(O)c1cnn(-c2c(F)cccc2F)c1. The molecule has 0 aliphatic heterocycles. The number of para-hydroxylation sites is 1. The lowest BCUT2D eigenvalue weighted by atomic mass is 10.3. The van der Waals surface area contributed by atoms with E-state index in [1.807, 2.05) is 0 Å². The van der Waals surface area contributed by atoms with Gasteiger partial charge < -0.3 is 5.11 Å². The first kappa shape index (κ1) is 10.3. The van der Waals surface area contributed by atoms with E-state index in [0.717, 1.165) is 29.2 Å². The Morgan fingerprint density at radius 3 is 2.44 bits per heavy atom. The maximum atomic E-state index is 13.3. The van der Waals surface area contributed by atoms with Crippen molar-refractivity contribution in [3.8, 4) is 5.69 Å². The minimum Gasteiger partial charge on any atom is -0.478 e. The fraction of sp³-hybridized carbons (Fsp3) is 0. The topological polar surface area (TPSA) is 55.1 Å². The summed E-state index contributed by atoms with van der Waals surface area (Å²) in [6, 6.07) is 3.36. The third-order valence-corrected chi connectivity index (χ3v) is 2.00. The van der Waals surface area contributed by atoms with Crippen LogP contribution in [0.25, 0.3) is 5.69 Å². The van der Waals surface area contributed by atoms with Crippen LogP contribution in [-0.2, 0) is 0 Å². The van der Waals surface area contributed by atoms with E-state index >= 15 is 0 Å². The number of nitrogens with zero attached hydrogens (tertiary/aromatic N) is 2. The standard InChI is InChI=1S/C10H6F2N2O2/c11-7-2-1-3-8(12)9(7)14-5-6(4-13-14)10(15)16/h1-5H,(H,15,16). The molecule has 0 aliphatic carbocycles. The molecular formula is C10H6F2N2O2. The van der Waals surface area contributed by atoms with Crippen molar-refractivity contribution in [1.82, 2.24) is 9.78 Å². The van der Waals surface area contributed by atoms with Crippen molar-refractivity contribution in [1.29, 1.82) is 0 Å². The van der Waals surface area contributed by atoms with Crippen molar-refractivity contribution >= 4 is 5.97 Å². The van der Waals surface area contributed by atoms with Gasteiger partial charge in [0.05, 0.1) is 11.8 Å². The lowest BCUT2D eigenvalue weighted by molar-refractivity contribution is 0.0697. The number of benzene rings is 1. The Morgan fingerprint density at radius 1 is 1.31 bits per heavy atom. The molecule has 0 bridgehead atoms. The highest BCUT2D eigenvalue weighted by Gasteiger charge is 2.13. The monoisotopic (exact) mass is 224 g/mol. The van der Waals surface area contributed by atoms with Crippen LogP contribution < -0.4 is 0 Å². The van der Waals surface area contributed by atoms with E-state index in [9.17, 15) is 13.6 Å². The van der Waals surface area contributed by atoms with Crippen LogP contribution in [0.1, 0.15) is 10.4 Å².